The Bertz CT molecular complexity index is 396. The van der Waals surface area contributed by atoms with E-state index in [1.54, 1.807) is 25.6 Å². The van der Waals surface area contributed by atoms with Gasteiger partial charge in [0.2, 0.25) is 0 Å². The lowest BCUT2D eigenvalue weighted by molar-refractivity contribution is 0.181. The van der Waals surface area contributed by atoms with Crippen molar-refractivity contribution in [3.8, 4) is 0 Å². The number of thiazole rings is 1. The van der Waals surface area contributed by atoms with Crippen molar-refractivity contribution < 1.29 is 9.47 Å². The van der Waals surface area contributed by atoms with E-state index in [0.717, 1.165) is 37.0 Å². The number of rotatable bonds is 11. The van der Waals surface area contributed by atoms with Crippen LogP contribution in [0.25, 0.3) is 0 Å². The maximum Gasteiger partial charge on any atom is 0.185 e. The molecule has 1 rings (SSSR count). The quantitative estimate of drug-likeness (QED) is 0.680. The fourth-order valence-electron chi connectivity index (χ4n) is 1.96. The van der Waals surface area contributed by atoms with Crippen molar-refractivity contribution >= 4 is 16.5 Å². The summed E-state index contributed by atoms with van der Waals surface area (Å²) in [6, 6.07) is 0. The van der Waals surface area contributed by atoms with E-state index in [2.05, 4.69) is 31.0 Å². The Morgan fingerprint density at radius 3 is 2.62 bits per heavy atom. The van der Waals surface area contributed by atoms with Gasteiger partial charge in [-0.3, -0.25) is 0 Å². The molecule has 0 spiro atoms. The lowest BCUT2D eigenvalue weighted by atomic mass is 10.2. The van der Waals surface area contributed by atoms with Crippen LogP contribution in [0.4, 0.5) is 5.13 Å². The molecule has 1 heterocycles. The van der Waals surface area contributed by atoms with Crippen molar-refractivity contribution in [1.82, 2.24) is 10.3 Å². The number of anilines is 1. The summed E-state index contributed by atoms with van der Waals surface area (Å²) in [7, 11) is 3.44. The molecule has 0 atom stereocenters. The Labute approximate surface area is 132 Å². The van der Waals surface area contributed by atoms with Crippen LogP contribution in [0.3, 0.4) is 0 Å². The first-order chi connectivity index (χ1) is 10.1. The highest BCUT2D eigenvalue weighted by Crippen LogP contribution is 2.27. The minimum atomic E-state index is 0.566. The van der Waals surface area contributed by atoms with Crippen LogP contribution in [0.5, 0.6) is 0 Å². The molecule has 1 aromatic rings. The molecule has 0 unspecified atom stereocenters. The standard InChI is InChI=1S/C15H29N3O2S/c1-6-18(7-8-19-4)15-17-13(11-20-5)14(21-15)10-16-9-12(2)3/h12,16H,6-11H2,1-5H3. The highest BCUT2D eigenvalue weighted by molar-refractivity contribution is 7.15. The minimum absolute atomic E-state index is 0.566. The van der Waals surface area contributed by atoms with Gasteiger partial charge in [-0.25, -0.2) is 4.98 Å². The Hall–Kier alpha value is -0.690. The van der Waals surface area contributed by atoms with Gasteiger partial charge in [-0.15, -0.1) is 11.3 Å². The third kappa shape index (κ3) is 6.30. The summed E-state index contributed by atoms with van der Waals surface area (Å²) in [6.45, 7) is 11.5. The number of hydrogen-bond donors (Lipinski definition) is 1. The van der Waals surface area contributed by atoms with E-state index >= 15 is 0 Å². The van der Waals surface area contributed by atoms with E-state index in [1.807, 2.05) is 0 Å². The Morgan fingerprint density at radius 2 is 2.05 bits per heavy atom. The average molecular weight is 315 g/mol. The van der Waals surface area contributed by atoms with Crippen molar-refractivity contribution in [2.75, 3.05) is 45.4 Å². The first-order valence-electron chi connectivity index (χ1n) is 7.54. The van der Waals surface area contributed by atoms with E-state index in [-0.39, 0.29) is 0 Å². The second kappa shape index (κ2) is 10.1. The minimum Gasteiger partial charge on any atom is -0.383 e. The summed E-state index contributed by atoms with van der Waals surface area (Å²) in [5.41, 5.74) is 1.05. The molecule has 0 amide bonds. The maximum absolute atomic E-state index is 5.28. The van der Waals surface area contributed by atoms with Gasteiger partial charge in [0.15, 0.2) is 5.13 Å². The maximum atomic E-state index is 5.28. The van der Waals surface area contributed by atoms with Crippen molar-refractivity contribution in [3.05, 3.63) is 10.6 Å². The van der Waals surface area contributed by atoms with Crippen LogP contribution in [0.15, 0.2) is 0 Å². The molecule has 0 aromatic carbocycles. The lowest BCUT2D eigenvalue weighted by Crippen LogP contribution is -2.26. The van der Waals surface area contributed by atoms with E-state index in [0.29, 0.717) is 19.1 Å². The predicted molar refractivity (Wildman–Crippen MR) is 89.1 cm³/mol. The number of aromatic nitrogens is 1. The summed E-state index contributed by atoms with van der Waals surface area (Å²) in [5.74, 6) is 0.650. The van der Waals surface area contributed by atoms with E-state index in [1.165, 1.54) is 4.88 Å². The second-order valence-electron chi connectivity index (χ2n) is 5.40. The topological polar surface area (TPSA) is 46.6 Å². The van der Waals surface area contributed by atoms with Gasteiger partial charge < -0.3 is 19.7 Å². The zero-order valence-corrected chi connectivity index (χ0v) is 14.8. The van der Waals surface area contributed by atoms with Crippen LogP contribution in [0.2, 0.25) is 0 Å². The molecule has 0 saturated carbocycles. The third-order valence-electron chi connectivity index (χ3n) is 3.10. The largest absolute Gasteiger partial charge is 0.383 e. The van der Waals surface area contributed by atoms with Crippen LogP contribution < -0.4 is 10.2 Å². The fourth-order valence-corrected chi connectivity index (χ4v) is 3.08. The van der Waals surface area contributed by atoms with Crippen LogP contribution in [-0.2, 0) is 22.6 Å². The molecular formula is C15H29N3O2S. The summed E-state index contributed by atoms with van der Waals surface area (Å²) < 4.78 is 10.4. The molecule has 0 aliphatic carbocycles. The summed E-state index contributed by atoms with van der Waals surface area (Å²) in [6.07, 6.45) is 0. The summed E-state index contributed by atoms with van der Waals surface area (Å²) in [4.78, 5) is 8.26. The Morgan fingerprint density at radius 1 is 1.29 bits per heavy atom. The smallest absolute Gasteiger partial charge is 0.185 e. The number of hydrogen-bond acceptors (Lipinski definition) is 6. The van der Waals surface area contributed by atoms with E-state index in [4.69, 9.17) is 14.5 Å². The first-order valence-corrected chi connectivity index (χ1v) is 8.36. The molecule has 0 aliphatic heterocycles. The Kier molecular flexibility index (Phi) is 8.84. The third-order valence-corrected chi connectivity index (χ3v) is 4.26. The normalized spacial score (nSPS) is 11.3. The van der Waals surface area contributed by atoms with Crippen LogP contribution >= 0.6 is 11.3 Å². The molecule has 21 heavy (non-hydrogen) atoms. The van der Waals surface area contributed by atoms with Gasteiger partial charge in [-0.2, -0.15) is 0 Å². The van der Waals surface area contributed by atoms with Crippen molar-refractivity contribution in [1.29, 1.82) is 0 Å². The van der Waals surface area contributed by atoms with Crippen LogP contribution in [0.1, 0.15) is 31.3 Å². The molecule has 1 aromatic heterocycles. The van der Waals surface area contributed by atoms with Gasteiger partial charge in [0.25, 0.3) is 0 Å². The van der Waals surface area contributed by atoms with Gasteiger partial charge in [-0.05, 0) is 19.4 Å². The van der Waals surface area contributed by atoms with Gasteiger partial charge >= 0.3 is 0 Å². The SMILES string of the molecule is CCN(CCOC)c1nc(COC)c(CNCC(C)C)s1. The predicted octanol–water partition coefficient (Wildman–Crippen LogP) is 2.51. The van der Waals surface area contributed by atoms with Gasteiger partial charge in [0, 0.05) is 38.7 Å². The molecule has 0 bridgehead atoms. The molecule has 1 N–H and O–H groups in total. The molecule has 0 saturated heterocycles. The Balaban J connectivity index is 2.76. The van der Waals surface area contributed by atoms with E-state index in [9.17, 15) is 0 Å². The van der Waals surface area contributed by atoms with Gasteiger partial charge in [0.05, 0.1) is 18.9 Å². The zero-order chi connectivity index (χ0) is 15.7. The van der Waals surface area contributed by atoms with Crippen LogP contribution in [-0.4, -0.2) is 45.4 Å². The molecule has 5 nitrogen and oxygen atoms in total. The lowest BCUT2D eigenvalue weighted by Gasteiger charge is -2.18. The highest BCUT2D eigenvalue weighted by atomic mass is 32.1. The second-order valence-corrected chi connectivity index (χ2v) is 6.46. The number of nitrogens with zero attached hydrogens (tertiary/aromatic N) is 2. The number of nitrogens with one attached hydrogen (secondary N) is 1. The van der Waals surface area contributed by atoms with Crippen molar-refractivity contribution in [2.24, 2.45) is 5.92 Å². The van der Waals surface area contributed by atoms with E-state index < -0.39 is 0 Å². The molecular weight excluding hydrogens is 286 g/mol. The summed E-state index contributed by atoms with van der Waals surface area (Å²) in [5, 5.41) is 4.54. The van der Waals surface area contributed by atoms with Gasteiger partial charge in [-0.1, -0.05) is 13.8 Å². The molecule has 0 fully saturated rings. The summed E-state index contributed by atoms with van der Waals surface area (Å²) >= 11 is 1.75. The van der Waals surface area contributed by atoms with Crippen molar-refractivity contribution in [2.45, 2.75) is 33.9 Å². The number of likely N-dealkylation sites (N-methyl/N-ethyl adjacent to an activating group) is 1. The van der Waals surface area contributed by atoms with Crippen molar-refractivity contribution in [3.63, 3.8) is 0 Å². The molecule has 6 heteroatoms. The van der Waals surface area contributed by atoms with Crippen LogP contribution in [0, 0.1) is 5.92 Å². The number of ether oxygens (including phenoxy) is 2. The molecule has 0 radical (unpaired) electrons. The highest BCUT2D eigenvalue weighted by Gasteiger charge is 2.15. The number of methoxy groups -OCH3 is 2. The first kappa shape index (κ1) is 18.4. The molecule has 122 valence electrons. The molecule has 0 aliphatic rings. The monoisotopic (exact) mass is 315 g/mol. The zero-order valence-electron chi connectivity index (χ0n) is 13.9. The fraction of sp³-hybridized carbons (Fsp3) is 0.800. The van der Waals surface area contributed by atoms with Gasteiger partial charge in [0.1, 0.15) is 0 Å². The average Bonchev–Trinajstić information content (AvgIpc) is 2.83.